The van der Waals surface area contributed by atoms with E-state index in [1.807, 2.05) is 22.6 Å². The van der Waals surface area contributed by atoms with Crippen molar-refractivity contribution in [2.75, 3.05) is 24.6 Å². The SMILES string of the molecule is Fc1c(Br)c(I)cc2c(N3CCCOC(F)C3)nc(Cl)nc12. The van der Waals surface area contributed by atoms with Crippen LogP contribution in [0.4, 0.5) is 14.6 Å². The molecule has 1 unspecified atom stereocenters. The molecular weight excluding hydrogens is 494 g/mol. The van der Waals surface area contributed by atoms with E-state index in [2.05, 4.69) is 25.9 Å². The molecule has 0 spiro atoms. The predicted octanol–water partition coefficient (Wildman–Crippen LogP) is 4.31. The molecule has 0 amide bonds. The lowest BCUT2D eigenvalue weighted by atomic mass is 10.2. The number of ether oxygens (including phenoxy) is 1. The zero-order valence-electron chi connectivity index (χ0n) is 11.1. The van der Waals surface area contributed by atoms with Crippen molar-refractivity contribution < 1.29 is 13.5 Å². The molecule has 1 aliphatic heterocycles. The van der Waals surface area contributed by atoms with Crippen LogP contribution in [-0.4, -0.2) is 36.0 Å². The lowest BCUT2D eigenvalue weighted by Gasteiger charge is -2.23. The summed E-state index contributed by atoms with van der Waals surface area (Å²) in [5.41, 5.74) is 0.114. The van der Waals surface area contributed by atoms with Crippen molar-refractivity contribution in [3.05, 3.63) is 25.2 Å². The van der Waals surface area contributed by atoms with Crippen molar-refractivity contribution in [2.45, 2.75) is 12.8 Å². The number of halogens is 5. The quantitative estimate of drug-likeness (QED) is 0.330. The molecular formula is C13H10BrClF2IN3O. The van der Waals surface area contributed by atoms with Gasteiger partial charge in [0, 0.05) is 15.5 Å². The van der Waals surface area contributed by atoms with Crippen LogP contribution >= 0.6 is 50.1 Å². The summed E-state index contributed by atoms with van der Waals surface area (Å²) in [7, 11) is 0. The fraction of sp³-hybridized carbons (Fsp3) is 0.385. The molecule has 0 aliphatic carbocycles. The highest BCUT2D eigenvalue weighted by molar-refractivity contribution is 14.1. The number of alkyl halides is 1. The van der Waals surface area contributed by atoms with E-state index in [0.717, 1.165) is 0 Å². The number of rotatable bonds is 1. The van der Waals surface area contributed by atoms with Crippen LogP contribution in [0.1, 0.15) is 6.42 Å². The molecule has 118 valence electrons. The third-order valence-electron chi connectivity index (χ3n) is 3.31. The molecule has 0 radical (unpaired) electrons. The van der Waals surface area contributed by atoms with E-state index in [1.165, 1.54) is 0 Å². The number of fused-ring (bicyclic) bond motifs is 1. The maximum Gasteiger partial charge on any atom is 0.225 e. The van der Waals surface area contributed by atoms with Crippen molar-refractivity contribution in [2.24, 2.45) is 0 Å². The largest absolute Gasteiger partial charge is 0.350 e. The Kier molecular flexibility index (Phi) is 5.01. The minimum atomic E-state index is -1.41. The van der Waals surface area contributed by atoms with Crippen LogP contribution in [0.3, 0.4) is 0 Å². The van der Waals surface area contributed by atoms with Gasteiger partial charge in [-0.3, -0.25) is 0 Å². The van der Waals surface area contributed by atoms with Gasteiger partial charge in [0.1, 0.15) is 11.3 Å². The van der Waals surface area contributed by atoms with Gasteiger partial charge in [0.05, 0.1) is 17.6 Å². The third-order valence-corrected chi connectivity index (χ3v) is 5.85. The molecule has 1 saturated heterocycles. The van der Waals surface area contributed by atoms with E-state index in [0.29, 0.717) is 38.8 Å². The fourth-order valence-electron chi connectivity index (χ4n) is 2.35. The Hall–Kier alpha value is -0.320. The molecule has 1 aromatic heterocycles. The van der Waals surface area contributed by atoms with Crippen LogP contribution in [0, 0.1) is 9.39 Å². The molecule has 1 aromatic carbocycles. The lowest BCUT2D eigenvalue weighted by molar-refractivity contribution is -0.0234. The zero-order chi connectivity index (χ0) is 15.9. The smallest absolute Gasteiger partial charge is 0.225 e. The molecule has 9 heteroatoms. The third kappa shape index (κ3) is 3.15. The maximum atomic E-state index is 14.4. The average molecular weight is 505 g/mol. The van der Waals surface area contributed by atoms with Gasteiger partial charge in [0.2, 0.25) is 11.6 Å². The fourth-order valence-corrected chi connectivity index (χ4v) is 3.36. The van der Waals surface area contributed by atoms with E-state index in [4.69, 9.17) is 16.3 Å². The van der Waals surface area contributed by atoms with Crippen molar-refractivity contribution in [3.8, 4) is 0 Å². The molecule has 1 atom stereocenters. The van der Waals surface area contributed by atoms with Crippen LogP contribution in [0.2, 0.25) is 5.28 Å². The predicted molar refractivity (Wildman–Crippen MR) is 92.6 cm³/mol. The van der Waals surface area contributed by atoms with Gasteiger partial charge in [-0.05, 0) is 62.6 Å². The van der Waals surface area contributed by atoms with Crippen LogP contribution in [0.25, 0.3) is 10.9 Å². The number of hydrogen-bond donors (Lipinski definition) is 0. The van der Waals surface area contributed by atoms with Gasteiger partial charge in [-0.15, -0.1) is 0 Å². The summed E-state index contributed by atoms with van der Waals surface area (Å²) in [4.78, 5) is 9.87. The van der Waals surface area contributed by atoms with Crippen molar-refractivity contribution in [3.63, 3.8) is 0 Å². The minimum Gasteiger partial charge on any atom is -0.350 e. The molecule has 0 saturated carbocycles. The molecule has 1 fully saturated rings. The molecule has 2 heterocycles. The number of hydrogen-bond acceptors (Lipinski definition) is 4. The summed E-state index contributed by atoms with van der Waals surface area (Å²) in [6.45, 7) is 0.916. The number of aromatic nitrogens is 2. The number of benzene rings is 1. The molecule has 0 bridgehead atoms. The summed E-state index contributed by atoms with van der Waals surface area (Å²) in [5.74, 6) is -0.0808. The Balaban J connectivity index is 2.20. The summed E-state index contributed by atoms with van der Waals surface area (Å²) < 4.78 is 34.1. The highest BCUT2D eigenvalue weighted by Gasteiger charge is 2.23. The van der Waals surface area contributed by atoms with Crippen molar-refractivity contribution in [1.82, 2.24) is 9.97 Å². The average Bonchev–Trinajstić information content (AvgIpc) is 2.70. The van der Waals surface area contributed by atoms with Crippen molar-refractivity contribution in [1.29, 1.82) is 0 Å². The van der Waals surface area contributed by atoms with Crippen LogP contribution in [0.5, 0.6) is 0 Å². The second-order valence-corrected chi connectivity index (χ2v) is 7.07. The Morgan fingerprint density at radius 3 is 3.00 bits per heavy atom. The molecule has 0 N–H and O–H groups in total. The molecule has 22 heavy (non-hydrogen) atoms. The van der Waals surface area contributed by atoms with Gasteiger partial charge >= 0.3 is 0 Å². The van der Waals surface area contributed by atoms with Gasteiger partial charge in [0.25, 0.3) is 0 Å². The van der Waals surface area contributed by atoms with Crippen molar-refractivity contribution >= 4 is 66.8 Å². The number of anilines is 1. The van der Waals surface area contributed by atoms with Gasteiger partial charge < -0.3 is 9.64 Å². The van der Waals surface area contributed by atoms with E-state index in [1.54, 1.807) is 11.0 Å². The lowest BCUT2D eigenvalue weighted by Crippen LogP contribution is -2.30. The van der Waals surface area contributed by atoms with Gasteiger partial charge in [-0.25, -0.2) is 13.8 Å². The van der Waals surface area contributed by atoms with E-state index in [9.17, 15) is 8.78 Å². The van der Waals surface area contributed by atoms with Crippen LogP contribution in [-0.2, 0) is 4.74 Å². The molecule has 4 nitrogen and oxygen atoms in total. The summed E-state index contributed by atoms with van der Waals surface area (Å²) >= 11 is 11.1. The minimum absolute atomic E-state index is 0.0245. The highest BCUT2D eigenvalue weighted by Crippen LogP contribution is 2.34. The van der Waals surface area contributed by atoms with Crippen LogP contribution in [0.15, 0.2) is 10.5 Å². The molecule has 1 aliphatic rings. The van der Waals surface area contributed by atoms with E-state index < -0.39 is 12.2 Å². The first-order valence-corrected chi connectivity index (χ1v) is 8.73. The Bertz CT molecular complexity index is 736. The first-order valence-electron chi connectivity index (χ1n) is 6.48. The Labute approximate surface area is 152 Å². The topological polar surface area (TPSA) is 38.2 Å². The zero-order valence-corrected chi connectivity index (χ0v) is 15.6. The summed E-state index contributed by atoms with van der Waals surface area (Å²) in [6, 6.07) is 1.76. The highest BCUT2D eigenvalue weighted by atomic mass is 127. The second kappa shape index (κ2) is 6.66. The van der Waals surface area contributed by atoms with E-state index >= 15 is 0 Å². The van der Waals surface area contributed by atoms with Gasteiger partial charge in [0.15, 0.2) is 5.82 Å². The molecule has 2 aromatic rings. The summed E-state index contributed by atoms with van der Waals surface area (Å²) in [6.07, 6.45) is -0.759. The standard InChI is InChI=1S/C13H10BrClF2IN3O/c14-9-7(18)4-6-11(10(9)17)19-13(15)20-12(6)21-2-1-3-22-8(16)5-21/h4,8H,1-3,5H2. The van der Waals surface area contributed by atoms with E-state index in [-0.39, 0.29) is 17.3 Å². The van der Waals surface area contributed by atoms with Gasteiger partial charge in [-0.1, -0.05) is 0 Å². The second-order valence-electron chi connectivity index (χ2n) is 4.78. The maximum absolute atomic E-state index is 14.4. The first kappa shape index (κ1) is 16.5. The summed E-state index contributed by atoms with van der Waals surface area (Å²) in [5, 5.41) is 0.429. The normalized spacial score (nSPS) is 19.5. The monoisotopic (exact) mass is 503 g/mol. The Morgan fingerprint density at radius 1 is 1.45 bits per heavy atom. The van der Waals surface area contributed by atoms with Gasteiger partial charge in [-0.2, -0.15) is 4.98 Å². The Morgan fingerprint density at radius 2 is 2.23 bits per heavy atom. The van der Waals surface area contributed by atoms with Crippen LogP contribution < -0.4 is 4.90 Å². The first-order chi connectivity index (χ1) is 10.5. The number of nitrogens with zero attached hydrogens (tertiary/aromatic N) is 3. The molecule has 3 rings (SSSR count).